The minimum atomic E-state index is -0.239. The number of hydrogen-bond acceptors (Lipinski definition) is 4. The zero-order chi connectivity index (χ0) is 24.2. The molecule has 0 spiro atoms. The van der Waals surface area contributed by atoms with Crippen LogP contribution in [0.1, 0.15) is 56.1 Å². The molecule has 1 N–H and O–H groups in total. The largest absolute Gasteiger partial charge is 0.376 e. The monoisotopic (exact) mass is 460 g/mol. The van der Waals surface area contributed by atoms with Gasteiger partial charge in [0.15, 0.2) is 0 Å². The highest BCUT2D eigenvalue weighted by Gasteiger charge is 2.25. The number of carbonyl (C=O) groups excluding carboxylic acids is 1. The van der Waals surface area contributed by atoms with E-state index in [1.165, 1.54) is 0 Å². The van der Waals surface area contributed by atoms with Crippen molar-refractivity contribution in [2.75, 3.05) is 31.4 Å². The molecule has 0 bridgehead atoms. The third kappa shape index (κ3) is 4.55. The standard InChI is InChI=1S/C27H33N5O2/c1-6-10-21(11-7-2)31-18-20-16-23(26(30(3)4)17-22(20)29-31)28-27(33)25-15-14-19-12-8-9-13-24(19)32(25)34-5/h8-9,12-18,21H,6-7,10-11H2,1-5H3/p+1. The first-order chi connectivity index (χ1) is 16.5. The van der Waals surface area contributed by atoms with Crippen LogP contribution in [0.3, 0.4) is 0 Å². The average Bonchev–Trinajstić information content (AvgIpc) is 3.25. The Balaban J connectivity index is 1.73. The van der Waals surface area contributed by atoms with Crippen molar-refractivity contribution >= 4 is 39.1 Å². The van der Waals surface area contributed by atoms with Crippen LogP contribution in [-0.4, -0.2) is 36.9 Å². The van der Waals surface area contributed by atoms with Crippen molar-refractivity contribution in [1.82, 2.24) is 9.78 Å². The van der Waals surface area contributed by atoms with E-state index < -0.39 is 0 Å². The second-order valence-electron chi connectivity index (χ2n) is 8.87. The molecule has 0 atom stereocenters. The molecule has 2 aromatic heterocycles. The summed E-state index contributed by atoms with van der Waals surface area (Å²) in [5, 5.41) is 10.0. The van der Waals surface area contributed by atoms with E-state index in [2.05, 4.69) is 30.0 Å². The molecule has 34 heavy (non-hydrogen) atoms. The summed E-state index contributed by atoms with van der Waals surface area (Å²) in [7, 11) is 5.50. The van der Waals surface area contributed by atoms with Gasteiger partial charge in [-0.15, -0.1) is 0 Å². The second-order valence-corrected chi connectivity index (χ2v) is 8.87. The van der Waals surface area contributed by atoms with Crippen LogP contribution in [0.15, 0.2) is 54.7 Å². The van der Waals surface area contributed by atoms with Crippen LogP contribution in [0.5, 0.6) is 0 Å². The van der Waals surface area contributed by atoms with Gasteiger partial charge in [-0.1, -0.05) is 38.8 Å². The van der Waals surface area contributed by atoms with E-state index in [4.69, 9.17) is 9.94 Å². The van der Waals surface area contributed by atoms with Gasteiger partial charge in [0.1, 0.15) is 7.11 Å². The predicted octanol–water partition coefficient (Wildman–Crippen LogP) is 5.00. The van der Waals surface area contributed by atoms with Gasteiger partial charge in [0.25, 0.3) is 5.52 Å². The number of carbonyl (C=O) groups is 1. The molecule has 7 heteroatoms. The molecule has 4 aromatic rings. The maximum absolute atomic E-state index is 13.4. The summed E-state index contributed by atoms with van der Waals surface area (Å²) in [5.41, 5.74) is 3.82. The lowest BCUT2D eigenvalue weighted by Gasteiger charge is -2.17. The summed E-state index contributed by atoms with van der Waals surface area (Å²) >= 11 is 0. The third-order valence-corrected chi connectivity index (χ3v) is 6.20. The number of nitrogens with one attached hydrogen (secondary N) is 1. The summed E-state index contributed by atoms with van der Waals surface area (Å²) < 4.78 is 3.67. The number of para-hydroxylation sites is 1. The number of rotatable bonds is 9. The molecule has 0 saturated carbocycles. The molecule has 0 saturated heterocycles. The predicted molar refractivity (Wildman–Crippen MR) is 138 cm³/mol. The highest BCUT2D eigenvalue weighted by atomic mass is 16.6. The van der Waals surface area contributed by atoms with Crippen LogP contribution in [0.4, 0.5) is 11.4 Å². The number of pyridine rings is 1. The fourth-order valence-electron chi connectivity index (χ4n) is 4.54. The highest BCUT2D eigenvalue weighted by molar-refractivity contribution is 6.06. The molecule has 2 aromatic carbocycles. The first kappa shape index (κ1) is 23.5. The molecule has 2 heterocycles. The van der Waals surface area contributed by atoms with Crippen LogP contribution in [-0.2, 0) is 0 Å². The topological polar surface area (TPSA) is 63.3 Å². The molecule has 0 aliphatic carbocycles. The fourth-order valence-corrected chi connectivity index (χ4v) is 4.54. The molecule has 1 amide bonds. The van der Waals surface area contributed by atoms with Gasteiger partial charge in [0, 0.05) is 42.5 Å². The zero-order valence-electron chi connectivity index (χ0n) is 20.7. The minimum Gasteiger partial charge on any atom is -0.376 e. The first-order valence-electron chi connectivity index (χ1n) is 12.0. The molecular formula is C27H34N5O2+. The van der Waals surface area contributed by atoms with Crippen molar-refractivity contribution < 1.29 is 14.4 Å². The Bertz CT molecular complexity index is 1310. The van der Waals surface area contributed by atoms with Crippen molar-refractivity contribution in [3.05, 3.63) is 60.4 Å². The summed E-state index contributed by atoms with van der Waals surface area (Å²) in [6, 6.07) is 16.0. The maximum Gasteiger partial charge on any atom is 0.325 e. The highest BCUT2D eigenvalue weighted by Crippen LogP contribution is 2.32. The Morgan fingerprint density at radius 2 is 1.82 bits per heavy atom. The summed E-state index contributed by atoms with van der Waals surface area (Å²) in [6.07, 6.45) is 6.55. The second kappa shape index (κ2) is 10.1. The molecule has 0 unspecified atom stereocenters. The maximum atomic E-state index is 13.4. The lowest BCUT2D eigenvalue weighted by Crippen LogP contribution is -2.48. The molecule has 4 rings (SSSR count). The Hall–Kier alpha value is -3.61. The smallest absolute Gasteiger partial charge is 0.325 e. The lowest BCUT2D eigenvalue weighted by atomic mass is 10.1. The van der Waals surface area contributed by atoms with E-state index in [0.29, 0.717) is 11.7 Å². The van der Waals surface area contributed by atoms with Crippen molar-refractivity contribution in [2.45, 2.75) is 45.6 Å². The normalized spacial score (nSPS) is 11.4. The number of aromatic nitrogens is 3. The number of anilines is 2. The van der Waals surface area contributed by atoms with Gasteiger partial charge >= 0.3 is 11.6 Å². The van der Waals surface area contributed by atoms with E-state index in [-0.39, 0.29) is 5.91 Å². The van der Waals surface area contributed by atoms with Crippen molar-refractivity contribution in [3.63, 3.8) is 0 Å². The summed E-state index contributed by atoms with van der Waals surface area (Å²) in [5.74, 6) is -0.239. The molecule has 0 aliphatic rings. The third-order valence-electron chi connectivity index (χ3n) is 6.20. The SMILES string of the molecule is CCCC(CCC)n1cc2cc(NC(=O)c3ccc4ccccc4[n+]3OC)c(N(C)C)cc2n1. The van der Waals surface area contributed by atoms with Gasteiger partial charge in [0.05, 0.1) is 28.3 Å². The minimum absolute atomic E-state index is 0.239. The van der Waals surface area contributed by atoms with Crippen molar-refractivity contribution in [2.24, 2.45) is 0 Å². The molecule has 0 fully saturated rings. The number of nitrogens with zero attached hydrogens (tertiary/aromatic N) is 4. The van der Waals surface area contributed by atoms with Gasteiger partial charge in [-0.3, -0.25) is 14.3 Å². The van der Waals surface area contributed by atoms with E-state index in [9.17, 15) is 4.79 Å². The van der Waals surface area contributed by atoms with E-state index in [1.807, 2.05) is 61.5 Å². The van der Waals surface area contributed by atoms with Crippen LogP contribution in [0.2, 0.25) is 0 Å². The Labute approximate surface area is 200 Å². The van der Waals surface area contributed by atoms with Crippen molar-refractivity contribution in [3.8, 4) is 0 Å². The van der Waals surface area contributed by atoms with Gasteiger partial charge in [-0.2, -0.15) is 5.10 Å². The van der Waals surface area contributed by atoms with Gasteiger partial charge in [-0.25, -0.2) is 0 Å². The molecular weight excluding hydrogens is 426 g/mol. The molecule has 7 nitrogen and oxygen atoms in total. The quantitative estimate of drug-likeness (QED) is 0.357. The molecule has 0 aliphatic heterocycles. The molecule has 0 radical (unpaired) electrons. The number of fused-ring (bicyclic) bond motifs is 2. The lowest BCUT2D eigenvalue weighted by molar-refractivity contribution is -0.866. The van der Waals surface area contributed by atoms with E-state index in [0.717, 1.165) is 58.9 Å². The van der Waals surface area contributed by atoms with Gasteiger partial charge < -0.3 is 10.2 Å². The average molecular weight is 461 g/mol. The number of benzene rings is 2. The van der Waals surface area contributed by atoms with Crippen LogP contribution < -0.4 is 19.8 Å². The Morgan fingerprint density at radius 1 is 1.09 bits per heavy atom. The van der Waals surface area contributed by atoms with Crippen LogP contribution in [0, 0.1) is 0 Å². The van der Waals surface area contributed by atoms with Gasteiger partial charge in [0.2, 0.25) is 0 Å². The van der Waals surface area contributed by atoms with E-state index in [1.54, 1.807) is 17.9 Å². The number of amides is 1. The number of hydrogen-bond donors (Lipinski definition) is 1. The van der Waals surface area contributed by atoms with Crippen LogP contribution >= 0.6 is 0 Å². The Morgan fingerprint density at radius 3 is 2.50 bits per heavy atom. The van der Waals surface area contributed by atoms with E-state index >= 15 is 0 Å². The van der Waals surface area contributed by atoms with Crippen molar-refractivity contribution in [1.29, 1.82) is 0 Å². The van der Waals surface area contributed by atoms with Gasteiger partial charge in [-0.05, 0) is 37.1 Å². The fraction of sp³-hybridized carbons (Fsp3) is 0.370. The first-order valence-corrected chi connectivity index (χ1v) is 12.0. The van der Waals surface area contributed by atoms with Crippen LogP contribution in [0.25, 0.3) is 21.8 Å². The molecule has 178 valence electrons. The summed E-state index contributed by atoms with van der Waals surface area (Å²) in [4.78, 5) is 20.9. The summed E-state index contributed by atoms with van der Waals surface area (Å²) in [6.45, 7) is 4.42. The Kier molecular flexibility index (Phi) is 7.01. The zero-order valence-corrected chi connectivity index (χ0v) is 20.7.